The molecule has 2 aromatic rings. The summed E-state index contributed by atoms with van der Waals surface area (Å²) in [6, 6.07) is 4.10. The van der Waals surface area contributed by atoms with Crippen molar-refractivity contribution in [3.05, 3.63) is 46.0 Å². The fraction of sp³-hybridized carbons (Fsp3) is 0.100. The van der Waals surface area contributed by atoms with E-state index >= 15 is 0 Å². The van der Waals surface area contributed by atoms with Crippen LogP contribution in [0.4, 0.5) is 4.39 Å². The summed E-state index contributed by atoms with van der Waals surface area (Å²) in [5, 5.41) is 0.529. The van der Waals surface area contributed by atoms with E-state index in [9.17, 15) is 9.18 Å². The molecule has 0 atom stereocenters. The summed E-state index contributed by atoms with van der Waals surface area (Å²) in [5.41, 5.74) is 1.13. The maximum absolute atomic E-state index is 12.7. The van der Waals surface area contributed by atoms with Gasteiger partial charge in [0.2, 0.25) is 0 Å². The Morgan fingerprint density at radius 2 is 2.15 bits per heavy atom. The number of fused-ring (bicyclic) bond motifs is 1. The van der Waals surface area contributed by atoms with Gasteiger partial charge in [-0.1, -0.05) is 0 Å². The van der Waals surface area contributed by atoms with E-state index in [0.29, 0.717) is 16.5 Å². The lowest BCUT2D eigenvalue weighted by Crippen LogP contribution is -2.05. The minimum absolute atomic E-state index is 0.0475. The standard InChI is InChI=1S/C10H8FNO/c1-6-5-12-9-4-7(11)2-3-8(9)10(6)13/h2-5H,1H3,(H,12,13). The number of aryl methyl sites for hydroxylation is 1. The normalized spacial score (nSPS) is 10.6. The van der Waals surface area contributed by atoms with Gasteiger partial charge in [-0.05, 0) is 25.1 Å². The Labute approximate surface area is 74.0 Å². The zero-order valence-corrected chi connectivity index (χ0v) is 7.10. The van der Waals surface area contributed by atoms with Crippen molar-refractivity contribution in [2.45, 2.75) is 6.92 Å². The monoisotopic (exact) mass is 177 g/mol. The van der Waals surface area contributed by atoms with Crippen molar-refractivity contribution >= 4 is 10.9 Å². The highest BCUT2D eigenvalue weighted by atomic mass is 19.1. The van der Waals surface area contributed by atoms with Gasteiger partial charge in [0.1, 0.15) is 5.82 Å². The lowest BCUT2D eigenvalue weighted by Gasteiger charge is -1.98. The quantitative estimate of drug-likeness (QED) is 0.655. The maximum Gasteiger partial charge on any atom is 0.192 e. The van der Waals surface area contributed by atoms with Crippen molar-refractivity contribution < 1.29 is 4.39 Å². The van der Waals surface area contributed by atoms with Crippen LogP contribution in [-0.4, -0.2) is 4.98 Å². The first-order valence-corrected chi connectivity index (χ1v) is 3.96. The molecule has 3 heteroatoms. The molecule has 1 aromatic carbocycles. The van der Waals surface area contributed by atoms with E-state index < -0.39 is 0 Å². The zero-order valence-electron chi connectivity index (χ0n) is 7.10. The molecule has 0 saturated heterocycles. The molecule has 2 nitrogen and oxygen atoms in total. The average Bonchev–Trinajstić information content (AvgIpc) is 2.12. The number of rotatable bonds is 0. The Hall–Kier alpha value is -1.64. The predicted molar refractivity (Wildman–Crippen MR) is 49.3 cm³/mol. The number of hydrogen-bond acceptors (Lipinski definition) is 1. The smallest absolute Gasteiger partial charge is 0.192 e. The summed E-state index contributed by atoms with van der Waals surface area (Å²) in [6.45, 7) is 1.72. The SMILES string of the molecule is Cc1c[nH]c2cc(F)ccc2c1=O. The molecule has 0 bridgehead atoms. The Balaban J connectivity index is 2.95. The van der Waals surface area contributed by atoms with E-state index in [4.69, 9.17) is 0 Å². The second kappa shape index (κ2) is 2.69. The van der Waals surface area contributed by atoms with Crippen LogP contribution < -0.4 is 5.43 Å². The van der Waals surface area contributed by atoms with Crippen molar-refractivity contribution in [3.8, 4) is 0 Å². The molecule has 66 valence electrons. The fourth-order valence-corrected chi connectivity index (χ4v) is 1.30. The third-order valence-corrected chi connectivity index (χ3v) is 2.03. The highest BCUT2D eigenvalue weighted by molar-refractivity contribution is 5.78. The van der Waals surface area contributed by atoms with Crippen LogP contribution in [0.25, 0.3) is 10.9 Å². The molecule has 2 rings (SSSR count). The first-order valence-electron chi connectivity index (χ1n) is 3.96. The second-order valence-electron chi connectivity index (χ2n) is 2.99. The predicted octanol–water partition coefficient (Wildman–Crippen LogP) is 1.98. The van der Waals surface area contributed by atoms with Crippen molar-refractivity contribution in [3.63, 3.8) is 0 Å². The van der Waals surface area contributed by atoms with E-state index in [1.807, 2.05) is 0 Å². The van der Waals surface area contributed by atoms with E-state index in [2.05, 4.69) is 4.98 Å². The van der Waals surface area contributed by atoms with E-state index in [-0.39, 0.29) is 11.2 Å². The Bertz CT molecular complexity index is 516. The van der Waals surface area contributed by atoms with Gasteiger partial charge in [-0.2, -0.15) is 0 Å². The molecular weight excluding hydrogens is 169 g/mol. The van der Waals surface area contributed by atoms with Crippen LogP contribution in [0.3, 0.4) is 0 Å². The molecule has 0 unspecified atom stereocenters. The van der Waals surface area contributed by atoms with Crippen molar-refractivity contribution in [2.24, 2.45) is 0 Å². The summed E-state index contributed by atoms with van der Waals surface area (Å²) in [5.74, 6) is -0.341. The number of nitrogens with one attached hydrogen (secondary N) is 1. The van der Waals surface area contributed by atoms with Crippen LogP contribution in [0.2, 0.25) is 0 Å². The lowest BCUT2D eigenvalue weighted by atomic mass is 10.1. The number of halogens is 1. The van der Waals surface area contributed by atoms with Crippen molar-refractivity contribution in [1.82, 2.24) is 4.98 Å². The van der Waals surface area contributed by atoms with Gasteiger partial charge in [0.05, 0.1) is 5.52 Å². The zero-order chi connectivity index (χ0) is 9.42. The molecule has 0 fully saturated rings. The summed E-state index contributed by atoms with van der Waals surface area (Å²) in [7, 11) is 0. The van der Waals surface area contributed by atoms with Gasteiger partial charge in [-0.25, -0.2) is 4.39 Å². The molecular formula is C10H8FNO. The third-order valence-electron chi connectivity index (χ3n) is 2.03. The van der Waals surface area contributed by atoms with Gasteiger partial charge >= 0.3 is 0 Å². The highest BCUT2D eigenvalue weighted by Crippen LogP contribution is 2.09. The van der Waals surface area contributed by atoms with Gasteiger partial charge in [-0.3, -0.25) is 4.79 Å². The van der Waals surface area contributed by atoms with Gasteiger partial charge < -0.3 is 4.98 Å². The van der Waals surface area contributed by atoms with E-state index in [1.54, 1.807) is 13.1 Å². The van der Waals surface area contributed by atoms with Crippen LogP contribution in [0.15, 0.2) is 29.2 Å². The second-order valence-corrected chi connectivity index (χ2v) is 2.99. The topological polar surface area (TPSA) is 32.9 Å². The molecule has 0 amide bonds. The molecule has 0 radical (unpaired) electrons. The largest absolute Gasteiger partial charge is 0.361 e. The van der Waals surface area contributed by atoms with Gasteiger partial charge in [-0.15, -0.1) is 0 Å². The number of hydrogen-bond donors (Lipinski definition) is 1. The molecule has 1 heterocycles. The van der Waals surface area contributed by atoms with Crippen LogP contribution >= 0.6 is 0 Å². The minimum atomic E-state index is -0.341. The summed E-state index contributed by atoms with van der Waals surface area (Å²) in [4.78, 5) is 14.4. The van der Waals surface area contributed by atoms with Crippen molar-refractivity contribution in [1.29, 1.82) is 0 Å². The highest BCUT2D eigenvalue weighted by Gasteiger charge is 2.01. The first-order chi connectivity index (χ1) is 6.18. The van der Waals surface area contributed by atoms with Crippen LogP contribution in [0.1, 0.15) is 5.56 Å². The van der Waals surface area contributed by atoms with E-state index in [1.165, 1.54) is 18.2 Å². The Morgan fingerprint density at radius 3 is 2.92 bits per heavy atom. The molecule has 1 aromatic heterocycles. The van der Waals surface area contributed by atoms with Crippen LogP contribution in [0, 0.1) is 12.7 Å². The summed E-state index contributed by atoms with van der Waals surface area (Å²) < 4.78 is 12.7. The molecule has 1 N–H and O–H groups in total. The van der Waals surface area contributed by atoms with Crippen molar-refractivity contribution in [2.75, 3.05) is 0 Å². The molecule has 0 aliphatic heterocycles. The number of aromatic nitrogens is 1. The maximum atomic E-state index is 12.7. The summed E-state index contributed by atoms with van der Waals surface area (Å²) >= 11 is 0. The number of aromatic amines is 1. The fourth-order valence-electron chi connectivity index (χ4n) is 1.30. The lowest BCUT2D eigenvalue weighted by molar-refractivity contribution is 0.629. The molecule has 0 spiro atoms. The number of pyridine rings is 1. The van der Waals surface area contributed by atoms with Crippen LogP contribution in [-0.2, 0) is 0 Å². The molecule has 13 heavy (non-hydrogen) atoms. The first kappa shape index (κ1) is 7.98. The van der Waals surface area contributed by atoms with E-state index in [0.717, 1.165) is 0 Å². The number of H-pyrrole nitrogens is 1. The van der Waals surface area contributed by atoms with Gasteiger partial charge in [0.15, 0.2) is 5.43 Å². The molecule has 0 aliphatic rings. The Morgan fingerprint density at radius 1 is 1.38 bits per heavy atom. The molecule has 0 aliphatic carbocycles. The Kier molecular flexibility index (Phi) is 1.65. The number of benzene rings is 1. The molecule has 0 saturated carbocycles. The third kappa shape index (κ3) is 1.22. The summed E-state index contributed by atoms with van der Waals surface area (Å²) in [6.07, 6.45) is 1.59. The van der Waals surface area contributed by atoms with Crippen LogP contribution in [0.5, 0.6) is 0 Å². The minimum Gasteiger partial charge on any atom is -0.361 e. The average molecular weight is 177 g/mol. The van der Waals surface area contributed by atoms with Gasteiger partial charge in [0, 0.05) is 17.1 Å². The van der Waals surface area contributed by atoms with Gasteiger partial charge in [0.25, 0.3) is 0 Å².